The Labute approximate surface area is 150 Å². The monoisotopic (exact) mass is 365 g/mol. The third-order valence-electron chi connectivity index (χ3n) is 3.47. The number of ether oxygens (including phenoxy) is 1. The van der Waals surface area contributed by atoms with Gasteiger partial charge in [-0.05, 0) is 11.5 Å². The number of alkyl carbamates (subject to hydrolysis) is 1. The zero-order valence-electron chi connectivity index (χ0n) is 14.6. The molecule has 0 aliphatic carbocycles. The first-order valence-corrected chi connectivity index (χ1v) is 7.99. The third kappa shape index (κ3) is 7.20. The van der Waals surface area contributed by atoms with Crippen molar-refractivity contribution in [2.45, 2.75) is 39.0 Å². The number of aliphatic carboxylic acids is 1. The Hall–Kier alpha value is -3.10. The predicted octanol–water partition coefficient (Wildman–Crippen LogP) is 0.382. The third-order valence-corrected chi connectivity index (χ3v) is 3.47. The van der Waals surface area contributed by atoms with E-state index in [1.165, 1.54) is 0 Å². The molecule has 0 unspecified atom stereocenters. The number of carboxylic acids is 1. The van der Waals surface area contributed by atoms with Crippen molar-refractivity contribution < 1.29 is 29.0 Å². The molecule has 1 aromatic rings. The van der Waals surface area contributed by atoms with E-state index in [9.17, 15) is 19.2 Å². The molecule has 0 saturated carbocycles. The van der Waals surface area contributed by atoms with Crippen molar-refractivity contribution in [1.82, 2.24) is 10.6 Å². The van der Waals surface area contributed by atoms with Crippen LogP contribution in [0.4, 0.5) is 4.79 Å². The minimum absolute atomic E-state index is 0.0298. The summed E-state index contributed by atoms with van der Waals surface area (Å²) in [5.41, 5.74) is 5.87. The van der Waals surface area contributed by atoms with Crippen molar-refractivity contribution in [3.05, 3.63) is 35.9 Å². The second kappa shape index (κ2) is 10.0. The Morgan fingerprint density at radius 3 is 2.23 bits per heavy atom. The second-order valence-electron chi connectivity index (χ2n) is 5.99. The molecule has 0 aromatic heterocycles. The largest absolute Gasteiger partial charge is 0.481 e. The molecule has 1 aromatic carbocycles. The fraction of sp³-hybridized carbons (Fsp3) is 0.412. The number of primary amides is 1. The molecule has 5 N–H and O–H groups in total. The van der Waals surface area contributed by atoms with Gasteiger partial charge in [0.25, 0.3) is 0 Å². The average molecular weight is 365 g/mol. The molecule has 0 heterocycles. The second-order valence-corrected chi connectivity index (χ2v) is 5.99. The highest BCUT2D eigenvalue weighted by molar-refractivity contribution is 5.92. The van der Waals surface area contributed by atoms with Gasteiger partial charge >= 0.3 is 12.1 Å². The maximum absolute atomic E-state index is 12.3. The van der Waals surface area contributed by atoms with Crippen molar-refractivity contribution in [3.8, 4) is 0 Å². The molecule has 2 atom stereocenters. The van der Waals surface area contributed by atoms with Crippen molar-refractivity contribution in [2.24, 2.45) is 11.7 Å². The number of amides is 3. The van der Waals surface area contributed by atoms with Crippen molar-refractivity contribution in [2.75, 3.05) is 0 Å². The van der Waals surface area contributed by atoms with Crippen LogP contribution in [0, 0.1) is 5.92 Å². The summed E-state index contributed by atoms with van der Waals surface area (Å²) in [4.78, 5) is 46.3. The van der Waals surface area contributed by atoms with Crippen LogP contribution in [0.25, 0.3) is 0 Å². The highest BCUT2D eigenvalue weighted by Crippen LogP contribution is 2.06. The summed E-state index contributed by atoms with van der Waals surface area (Å²) in [6, 6.07) is 6.60. The quantitative estimate of drug-likeness (QED) is 0.497. The van der Waals surface area contributed by atoms with Crippen molar-refractivity contribution >= 4 is 23.9 Å². The standard InChI is InChI=1S/C17H23N3O6/c1-10(2)14(16(24)19-12(15(18)23)8-13(21)22)20-17(25)26-9-11-6-4-3-5-7-11/h3-7,10,12,14H,8-9H2,1-2H3,(H2,18,23)(H,19,24)(H,20,25)(H,21,22)/t12-,14+/m0/s1. The summed E-state index contributed by atoms with van der Waals surface area (Å²) in [6.07, 6.45) is -1.46. The maximum Gasteiger partial charge on any atom is 0.408 e. The normalized spacial score (nSPS) is 12.7. The van der Waals surface area contributed by atoms with Gasteiger partial charge in [-0.1, -0.05) is 44.2 Å². The van der Waals surface area contributed by atoms with Crippen molar-refractivity contribution in [3.63, 3.8) is 0 Å². The first kappa shape index (κ1) is 20.9. The Morgan fingerprint density at radius 2 is 1.73 bits per heavy atom. The number of carbonyl (C=O) groups is 4. The molecule has 0 saturated heterocycles. The summed E-state index contributed by atoms with van der Waals surface area (Å²) in [5.74, 6) is -3.32. The molecule has 0 bridgehead atoms. The van der Waals surface area contributed by atoms with Gasteiger partial charge in [-0.3, -0.25) is 14.4 Å². The molecule has 0 spiro atoms. The molecule has 9 nitrogen and oxygen atoms in total. The summed E-state index contributed by atoms with van der Waals surface area (Å²) in [7, 11) is 0. The number of rotatable bonds is 9. The highest BCUT2D eigenvalue weighted by atomic mass is 16.5. The molecule has 0 aliphatic rings. The Morgan fingerprint density at radius 1 is 1.12 bits per heavy atom. The van der Waals surface area contributed by atoms with Crippen molar-refractivity contribution in [1.29, 1.82) is 0 Å². The number of nitrogens with two attached hydrogens (primary N) is 1. The van der Waals surface area contributed by atoms with Crippen LogP contribution in [0.15, 0.2) is 30.3 Å². The lowest BCUT2D eigenvalue weighted by Crippen LogP contribution is -2.55. The predicted molar refractivity (Wildman–Crippen MR) is 91.8 cm³/mol. The van der Waals surface area contributed by atoms with Gasteiger partial charge < -0.3 is 26.2 Å². The number of carboxylic acid groups (broad SMARTS) is 1. The van der Waals surface area contributed by atoms with E-state index in [-0.39, 0.29) is 12.5 Å². The number of nitrogens with one attached hydrogen (secondary N) is 2. The smallest absolute Gasteiger partial charge is 0.408 e. The Bertz CT molecular complexity index is 647. The summed E-state index contributed by atoms with van der Waals surface area (Å²) < 4.78 is 5.06. The zero-order valence-corrected chi connectivity index (χ0v) is 14.6. The van der Waals surface area contributed by atoms with Crippen LogP contribution in [0.1, 0.15) is 25.8 Å². The average Bonchev–Trinajstić information content (AvgIpc) is 2.57. The maximum atomic E-state index is 12.3. The van der Waals surface area contributed by atoms with Crippen LogP contribution in [0.5, 0.6) is 0 Å². The first-order chi connectivity index (χ1) is 12.2. The molecule has 142 valence electrons. The van der Waals surface area contributed by atoms with Gasteiger partial charge in [-0.2, -0.15) is 0 Å². The van der Waals surface area contributed by atoms with Gasteiger partial charge in [0.2, 0.25) is 11.8 Å². The number of hydrogen-bond donors (Lipinski definition) is 4. The molecule has 9 heteroatoms. The summed E-state index contributed by atoms with van der Waals surface area (Å²) in [6.45, 7) is 3.39. The number of benzene rings is 1. The van der Waals surface area contributed by atoms with Gasteiger partial charge in [0.1, 0.15) is 18.7 Å². The van der Waals surface area contributed by atoms with Crippen LogP contribution in [-0.2, 0) is 25.7 Å². The van der Waals surface area contributed by atoms with E-state index >= 15 is 0 Å². The number of carbonyl (C=O) groups excluding carboxylic acids is 3. The lowest BCUT2D eigenvalue weighted by atomic mass is 10.0. The Kier molecular flexibility index (Phi) is 8.07. The van der Waals surface area contributed by atoms with E-state index in [0.29, 0.717) is 0 Å². The fourth-order valence-electron chi connectivity index (χ4n) is 2.09. The molecule has 26 heavy (non-hydrogen) atoms. The Balaban J connectivity index is 2.65. The van der Waals surface area contributed by atoms with Gasteiger partial charge in [-0.15, -0.1) is 0 Å². The van der Waals surface area contributed by atoms with E-state index in [0.717, 1.165) is 5.56 Å². The summed E-state index contributed by atoms with van der Waals surface area (Å²) >= 11 is 0. The van der Waals surface area contributed by atoms with E-state index in [1.54, 1.807) is 38.1 Å². The van der Waals surface area contributed by atoms with E-state index in [2.05, 4.69) is 10.6 Å². The van der Waals surface area contributed by atoms with Crippen LogP contribution in [0.3, 0.4) is 0 Å². The minimum atomic E-state index is -1.37. The molecule has 3 amide bonds. The molecule has 0 aliphatic heterocycles. The molecular formula is C17H23N3O6. The van der Waals surface area contributed by atoms with Gasteiger partial charge in [0.05, 0.1) is 6.42 Å². The van der Waals surface area contributed by atoms with Crippen LogP contribution >= 0.6 is 0 Å². The fourth-order valence-corrected chi connectivity index (χ4v) is 2.09. The zero-order chi connectivity index (χ0) is 19.7. The van der Waals surface area contributed by atoms with E-state index in [4.69, 9.17) is 15.6 Å². The minimum Gasteiger partial charge on any atom is -0.481 e. The SMILES string of the molecule is CC(C)[C@@H](NC(=O)OCc1ccccc1)C(=O)N[C@@H](CC(=O)O)C(N)=O. The highest BCUT2D eigenvalue weighted by Gasteiger charge is 2.29. The van der Waals surface area contributed by atoms with Gasteiger partial charge in [0.15, 0.2) is 0 Å². The first-order valence-electron chi connectivity index (χ1n) is 7.99. The molecule has 0 radical (unpaired) electrons. The van der Waals surface area contributed by atoms with E-state index < -0.39 is 42.4 Å². The van der Waals surface area contributed by atoms with E-state index in [1.807, 2.05) is 6.07 Å². The van der Waals surface area contributed by atoms with Crippen LogP contribution in [-0.4, -0.2) is 41.1 Å². The topological polar surface area (TPSA) is 148 Å². The molecule has 0 fully saturated rings. The lowest BCUT2D eigenvalue weighted by molar-refractivity contribution is -0.140. The molecule has 1 rings (SSSR count). The number of hydrogen-bond acceptors (Lipinski definition) is 5. The van der Waals surface area contributed by atoms with Crippen LogP contribution in [0.2, 0.25) is 0 Å². The van der Waals surface area contributed by atoms with Crippen LogP contribution < -0.4 is 16.4 Å². The van der Waals surface area contributed by atoms with Gasteiger partial charge in [-0.25, -0.2) is 4.79 Å². The van der Waals surface area contributed by atoms with Gasteiger partial charge in [0, 0.05) is 0 Å². The lowest BCUT2D eigenvalue weighted by Gasteiger charge is -2.23. The summed E-state index contributed by atoms with van der Waals surface area (Å²) in [5, 5.41) is 13.4. The molecular weight excluding hydrogens is 342 g/mol.